The lowest BCUT2D eigenvalue weighted by Crippen LogP contribution is -2.54. The SMILES string of the molecule is Cl.NC1CCCC1C(=O)N1CCN(Cc2ccc(Cl)cc2)C(=O)C1. The van der Waals surface area contributed by atoms with E-state index in [-0.39, 0.29) is 42.7 Å². The van der Waals surface area contributed by atoms with Crippen molar-refractivity contribution in [2.75, 3.05) is 19.6 Å². The van der Waals surface area contributed by atoms with Gasteiger partial charge in [0.15, 0.2) is 0 Å². The van der Waals surface area contributed by atoms with Gasteiger partial charge in [0, 0.05) is 30.7 Å². The van der Waals surface area contributed by atoms with E-state index in [9.17, 15) is 9.59 Å². The van der Waals surface area contributed by atoms with Crippen molar-refractivity contribution in [3.63, 3.8) is 0 Å². The highest BCUT2D eigenvalue weighted by molar-refractivity contribution is 6.30. The Bertz CT molecular complexity index is 594. The number of amides is 2. The van der Waals surface area contributed by atoms with Crippen LogP contribution in [-0.2, 0) is 16.1 Å². The monoisotopic (exact) mass is 371 g/mol. The zero-order valence-corrected chi connectivity index (χ0v) is 15.1. The van der Waals surface area contributed by atoms with Crippen LogP contribution in [0.5, 0.6) is 0 Å². The molecule has 2 N–H and O–H groups in total. The summed E-state index contributed by atoms with van der Waals surface area (Å²) in [5.74, 6) is -0.0637. The Kier molecular flexibility index (Phi) is 6.49. The predicted molar refractivity (Wildman–Crippen MR) is 96.0 cm³/mol. The zero-order chi connectivity index (χ0) is 16.4. The number of benzene rings is 1. The van der Waals surface area contributed by atoms with Crippen LogP contribution in [0.25, 0.3) is 0 Å². The number of halogens is 2. The van der Waals surface area contributed by atoms with E-state index in [1.165, 1.54) is 0 Å². The molecule has 3 rings (SSSR count). The number of carbonyl (C=O) groups excluding carboxylic acids is 2. The first-order valence-corrected chi connectivity index (χ1v) is 8.49. The number of rotatable bonds is 3. The van der Waals surface area contributed by atoms with Crippen LogP contribution in [0, 0.1) is 5.92 Å². The first-order valence-electron chi connectivity index (χ1n) is 8.11. The Morgan fingerprint density at radius 3 is 2.50 bits per heavy atom. The molecular weight excluding hydrogens is 349 g/mol. The predicted octanol–water partition coefficient (Wildman–Crippen LogP) is 2.06. The third-order valence-corrected chi connectivity index (χ3v) is 5.06. The van der Waals surface area contributed by atoms with Crippen molar-refractivity contribution in [3.05, 3.63) is 34.9 Å². The van der Waals surface area contributed by atoms with Gasteiger partial charge < -0.3 is 15.5 Å². The van der Waals surface area contributed by atoms with Crippen molar-refractivity contribution in [3.8, 4) is 0 Å². The molecule has 132 valence electrons. The summed E-state index contributed by atoms with van der Waals surface area (Å²) in [6.07, 6.45) is 2.75. The van der Waals surface area contributed by atoms with Gasteiger partial charge in [0.1, 0.15) is 0 Å². The molecule has 0 spiro atoms. The Hall–Kier alpha value is -1.30. The topological polar surface area (TPSA) is 66.6 Å². The fourth-order valence-electron chi connectivity index (χ4n) is 3.40. The molecule has 1 saturated heterocycles. The fraction of sp³-hybridized carbons (Fsp3) is 0.529. The van der Waals surface area contributed by atoms with Crippen LogP contribution in [0.1, 0.15) is 24.8 Å². The van der Waals surface area contributed by atoms with Gasteiger partial charge in [-0.15, -0.1) is 12.4 Å². The summed E-state index contributed by atoms with van der Waals surface area (Å²) < 4.78 is 0. The van der Waals surface area contributed by atoms with E-state index in [0.29, 0.717) is 24.7 Å². The molecule has 0 bridgehead atoms. The first kappa shape index (κ1) is 19.0. The van der Waals surface area contributed by atoms with Gasteiger partial charge in [-0.05, 0) is 30.5 Å². The maximum absolute atomic E-state index is 12.5. The van der Waals surface area contributed by atoms with E-state index < -0.39 is 0 Å². The van der Waals surface area contributed by atoms with Crippen molar-refractivity contribution in [2.45, 2.75) is 31.8 Å². The third-order valence-electron chi connectivity index (χ3n) is 4.80. The lowest BCUT2D eigenvalue weighted by Gasteiger charge is -2.36. The highest BCUT2D eigenvalue weighted by Gasteiger charge is 2.36. The van der Waals surface area contributed by atoms with Crippen LogP contribution in [0.3, 0.4) is 0 Å². The van der Waals surface area contributed by atoms with Crippen molar-refractivity contribution >= 4 is 35.8 Å². The lowest BCUT2D eigenvalue weighted by atomic mass is 10.0. The molecule has 1 aliphatic carbocycles. The second-order valence-electron chi connectivity index (χ2n) is 6.40. The molecule has 24 heavy (non-hydrogen) atoms. The Morgan fingerprint density at radius 2 is 1.92 bits per heavy atom. The van der Waals surface area contributed by atoms with Crippen LogP contribution < -0.4 is 5.73 Å². The largest absolute Gasteiger partial charge is 0.335 e. The smallest absolute Gasteiger partial charge is 0.242 e. The van der Waals surface area contributed by atoms with Gasteiger partial charge in [-0.1, -0.05) is 30.2 Å². The number of nitrogens with zero attached hydrogens (tertiary/aromatic N) is 2. The van der Waals surface area contributed by atoms with Crippen LogP contribution in [0.15, 0.2) is 24.3 Å². The molecule has 1 saturated carbocycles. The number of hydrogen-bond acceptors (Lipinski definition) is 3. The van der Waals surface area contributed by atoms with Gasteiger partial charge >= 0.3 is 0 Å². The summed E-state index contributed by atoms with van der Waals surface area (Å²) in [6, 6.07) is 7.44. The van der Waals surface area contributed by atoms with Crippen molar-refractivity contribution in [2.24, 2.45) is 11.7 Å². The normalized spacial score (nSPS) is 24.0. The van der Waals surface area contributed by atoms with Crippen molar-refractivity contribution in [1.82, 2.24) is 9.80 Å². The summed E-state index contributed by atoms with van der Waals surface area (Å²) in [4.78, 5) is 28.3. The van der Waals surface area contributed by atoms with Crippen LogP contribution in [-0.4, -0.2) is 47.3 Å². The van der Waals surface area contributed by atoms with Crippen molar-refractivity contribution < 1.29 is 9.59 Å². The molecule has 5 nitrogen and oxygen atoms in total. The molecule has 2 amide bonds. The highest BCUT2D eigenvalue weighted by Crippen LogP contribution is 2.26. The minimum absolute atomic E-state index is 0. The highest BCUT2D eigenvalue weighted by atomic mass is 35.5. The van der Waals surface area contributed by atoms with E-state index in [2.05, 4.69) is 0 Å². The molecule has 2 unspecified atom stereocenters. The van der Waals surface area contributed by atoms with Gasteiger partial charge in [-0.25, -0.2) is 0 Å². The number of nitrogens with two attached hydrogens (primary N) is 1. The average molecular weight is 372 g/mol. The Balaban J connectivity index is 0.00000208. The molecule has 1 aromatic rings. The average Bonchev–Trinajstić information content (AvgIpc) is 2.97. The van der Waals surface area contributed by atoms with Gasteiger partial charge in [0.2, 0.25) is 11.8 Å². The standard InChI is InChI=1S/C17H22ClN3O2.ClH/c18-13-6-4-12(5-7-13)10-20-8-9-21(11-16(20)22)17(23)14-2-1-3-15(14)19;/h4-7,14-15H,1-3,8-11,19H2;1H. The third kappa shape index (κ3) is 4.21. The van der Waals surface area contributed by atoms with Crippen LogP contribution in [0.2, 0.25) is 5.02 Å². The zero-order valence-electron chi connectivity index (χ0n) is 13.5. The molecule has 2 atom stereocenters. The Labute approximate surface area is 153 Å². The van der Waals surface area contributed by atoms with E-state index >= 15 is 0 Å². The molecule has 0 radical (unpaired) electrons. The minimum Gasteiger partial charge on any atom is -0.335 e. The van der Waals surface area contributed by atoms with E-state index in [1.807, 2.05) is 24.3 Å². The summed E-state index contributed by atoms with van der Waals surface area (Å²) in [6.45, 7) is 1.87. The Morgan fingerprint density at radius 1 is 1.21 bits per heavy atom. The minimum atomic E-state index is -0.106. The molecule has 2 fully saturated rings. The fourth-order valence-corrected chi connectivity index (χ4v) is 3.53. The quantitative estimate of drug-likeness (QED) is 0.883. The molecular formula is C17H23Cl2N3O2. The second kappa shape index (κ2) is 8.19. The number of hydrogen-bond donors (Lipinski definition) is 1. The number of carbonyl (C=O) groups is 2. The maximum atomic E-state index is 12.5. The first-order chi connectivity index (χ1) is 11.0. The van der Waals surface area contributed by atoms with E-state index in [4.69, 9.17) is 17.3 Å². The van der Waals surface area contributed by atoms with E-state index in [1.54, 1.807) is 9.80 Å². The molecule has 1 heterocycles. The molecule has 1 aromatic carbocycles. The molecule has 2 aliphatic rings. The second-order valence-corrected chi connectivity index (χ2v) is 6.84. The molecule has 1 aliphatic heterocycles. The summed E-state index contributed by atoms with van der Waals surface area (Å²) in [5.41, 5.74) is 7.05. The van der Waals surface area contributed by atoms with Gasteiger partial charge in [0.25, 0.3) is 0 Å². The summed E-state index contributed by atoms with van der Waals surface area (Å²) in [5, 5.41) is 0.684. The van der Waals surface area contributed by atoms with Gasteiger partial charge in [-0.3, -0.25) is 9.59 Å². The summed E-state index contributed by atoms with van der Waals surface area (Å²) >= 11 is 5.88. The summed E-state index contributed by atoms with van der Waals surface area (Å²) in [7, 11) is 0. The number of piperazine rings is 1. The molecule has 0 aromatic heterocycles. The van der Waals surface area contributed by atoms with E-state index in [0.717, 1.165) is 24.8 Å². The lowest BCUT2D eigenvalue weighted by molar-refractivity contribution is -0.148. The van der Waals surface area contributed by atoms with Crippen LogP contribution in [0.4, 0.5) is 0 Å². The van der Waals surface area contributed by atoms with Crippen molar-refractivity contribution in [1.29, 1.82) is 0 Å². The van der Waals surface area contributed by atoms with Gasteiger partial charge in [-0.2, -0.15) is 0 Å². The molecule has 7 heteroatoms. The van der Waals surface area contributed by atoms with Gasteiger partial charge in [0.05, 0.1) is 12.5 Å². The maximum Gasteiger partial charge on any atom is 0.242 e. The van der Waals surface area contributed by atoms with Crippen LogP contribution >= 0.6 is 24.0 Å².